The number of carbonyl (C=O) groups is 2. The van der Waals surface area contributed by atoms with E-state index >= 15 is 0 Å². The van der Waals surface area contributed by atoms with Gasteiger partial charge in [-0.2, -0.15) is 0 Å². The molecule has 4 nitrogen and oxygen atoms in total. The number of hydrogen-bond acceptors (Lipinski definition) is 3. The number of ether oxygens (including phenoxy) is 1. The smallest absolute Gasteiger partial charge is 0.338 e. The Bertz CT molecular complexity index is 383. The van der Waals surface area contributed by atoms with E-state index in [-0.39, 0.29) is 5.97 Å². The van der Waals surface area contributed by atoms with E-state index in [1.54, 1.807) is 12.1 Å². The number of carboxylic acid groups (broad SMARTS) is 1. The van der Waals surface area contributed by atoms with Crippen LogP contribution >= 0.6 is 0 Å². The van der Waals surface area contributed by atoms with Gasteiger partial charge in [0.2, 0.25) is 0 Å². The maximum Gasteiger partial charge on any atom is 0.338 e. The Labute approximate surface area is 127 Å². The molecule has 4 heteroatoms. The number of benzene rings is 1. The van der Waals surface area contributed by atoms with Crippen LogP contribution in [0.2, 0.25) is 0 Å². The van der Waals surface area contributed by atoms with Gasteiger partial charge in [-0.05, 0) is 18.6 Å². The largest absolute Gasteiger partial charge is 0.481 e. The molecule has 0 spiro atoms. The first kappa shape index (κ1) is 19.2. The van der Waals surface area contributed by atoms with Gasteiger partial charge in [-0.25, -0.2) is 4.79 Å². The maximum absolute atomic E-state index is 11.6. The molecule has 0 atom stereocenters. The van der Waals surface area contributed by atoms with Gasteiger partial charge in [-0.15, -0.1) is 0 Å². The number of carbonyl (C=O) groups excluding carboxylic acids is 1. The van der Waals surface area contributed by atoms with Gasteiger partial charge >= 0.3 is 5.97 Å². The van der Waals surface area contributed by atoms with Crippen molar-refractivity contribution in [3.05, 3.63) is 35.9 Å². The second kappa shape index (κ2) is 13.2. The van der Waals surface area contributed by atoms with Gasteiger partial charge in [0, 0.05) is 6.92 Å². The Morgan fingerprint density at radius 1 is 1.00 bits per heavy atom. The summed E-state index contributed by atoms with van der Waals surface area (Å²) in [5.41, 5.74) is 0.637. The van der Waals surface area contributed by atoms with Crippen LogP contribution in [0.3, 0.4) is 0 Å². The van der Waals surface area contributed by atoms with Gasteiger partial charge in [0.05, 0.1) is 12.2 Å². The highest BCUT2D eigenvalue weighted by molar-refractivity contribution is 5.89. The van der Waals surface area contributed by atoms with Gasteiger partial charge in [0.1, 0.15) is 0 Å². The molecule has 0 fully saturated rings. The van der Waals surface area contributed by atoms with Crippen LogP contribution in [0.5, 0.6) is 0 Å². The molecule has 0 aromatic heterocycles. The summed E-state index contributed by atoms with van der Waals surface area (Å²) >= 11 is 0. The van der Waals surface area contributed by atoms with Gasteiger partial charge in [-0.3, -0.25) is 4.79 Å². The topological polar surface area (TPSA) is 63.6 Å². The van der Waals surface area contributed by atoms with E-state index in [1.807, 2.05) is 18.2 Å². The number of carboxylic acids is 1. The lowest BCUT2D eigenvalue weighted by Gasteiger charge is -2.04. The zero-order chi connectivity index (χ0) is 15.9. The molecule has 0 aliphatic heterocycles. The molecule has 0 aliphatic carbocycles. The minimum atomic E-state index is -0.833. The zero-order valence-electron chi connectivity index (χ0n) is 13.0. The lowest BCUT2D eigenvalue weighted by atomic mass is 10.1. The van der Waals surface area contributed by atoms with Crippen molar-refractivity contribution < 1.29 is 19.4 Å². The Morgan fingerprint density at radius 3 is 2.10 bits per heavy atom. The Hall–Kier alpha value is -1.84. The fourth-order valence-electron chi connectivity index (χ4n) is 1.70. The number of hydrogen-bond donors (Lipinski definition) is 1. The number of aliphatic carboxylic acids is 1. The monoisotopic (exact) mass is 294 g/mol. The van der Waals surface area contributed by atoms with Crippen molar-refractivity contribution in [2.75, 3.05) is 6.61 Å². The highest BCUT2D eigenvalue weighted by atomic mass is 16.5. The summed E-state index contributed by atoms with van der Waals surface area (Å²) in [5.74, 6) is -1.04. The number of esters is 1. The molecular weight excluding hydrogens is 268 g/mol. The molecule has 118 valence electrons. The fraction of sp³-hybridized carbons (Fsp3) is 0.529. The summed E-state index contributed by atoms with van der Waals surface area (Å²) in [4.78, 5) is 20.6. The Morgan fingerprint density at radius 2 is 1.52 bits per heavy atom. The summed E-state index contributed by atoms with van der Waals surface area (Å²) < 4.78 is 5.20. The average molecular weight is 294 g/mol. The van der Waals surface area contributed by atoms with Gasteiger partial charge in [0.25, 0.3) is 5.97 Å². The summed E-state index contributed by atoms with van der Waals surface area (Å²) in [5, 5.41) is 7.42. The molecule has 21 heavy (non-hydrogen) atoms. The normalized spacial score (nSPS) is 9.43. The zero-order valence-corrected chi connectivity index (χ0v) is 13.0. The molecule has 1 rings (SSSR count). The predicted octanol–water partition coefficient (Wildman–Crippen LogP) is 4.29. The van der Waals surface area contributed by atoms with E-state index in [0.29, 0.717) is 12.2 Å². The minimum Gasteiger partial charge on any atom is -0.481 e. The fourth-order valence-corrected chi connectivity index (χ4v) is 1.70. The quantitative estimate of drug-likeness (QED) is 0.573. The van der Waals surface area contributed by atoms with E-state index < -0.39 is 5.97 Å². The Balaban J connectivity index is 0.000000885. The van der Waals surface area contributed by atoms with Gasteiger partial charge in [0.15, 0.2) is 0 Å². The molecule has 0 saturated carbocycles. The van der Waals surface area contributed by atoms with Crippen molar-refractivity contribution in [3.8, 4) is 0 Å². The lowest BCUT2D eigenvalue weighted by molar-refractivity contribution is -0.134. The average Bonchev–Trinajstić information content (AvgIpc) is 2.46. The highest BCUT2D eigenvalue weighted by Crippen LogP contribution is 2.06. The van der Waals surface area contributed by atoms with Crippen LogP contribution in [0.1, 0.15) is 62.7 Å². The summed E-state index contributed by atoms with van der Waals surface area (Å²) in [7, 11) is 0. The molecule has 1 aromatic carbocycles. The molecular formula is C17H26O4. The van der Waals surface area contributed by atoms with Crippen LogP contribution < -0.4 is 0 Å². The molecule has 0 saturated heterocycles. The molecule has 0 amide bonds. The molecule has 0 radical (unpaired) electrons. The summed E-state index contributed by atoms with van der Waals surface area (Å²) in [6, 6.07) is 9.15. The minimum absolute atomic E-state index is 0.209. The maximum atomic E-state index is 11.6. The third-order valence-corrected chi connectivity index (χ3v) is 2.74. The van der Waals surface area contributed by atoms with E-state index in [0.717, 1.165) is 19.8 Å². The first-order chi connectivity index (χ1) is 10.1. The molecule has 0 bridgehead atoms. The Kier molecular flexibility index (Phi) is 12.0. The van der Waals surface area contributed by atoms with Crippen molar-refractivity contribution in [2.24, 2.45) is 0 Å². The molecule has 1 N–H and O–H groups in total. The second-order valence-corrected chi connectivity index (χ2v) is 4.79. The van der Waals surface area contributed by atoms with Crippen LogP contribution in [0.25, 0.3) is 0 Å². The third-order valence-electron chi connectivity index (χ3n) is 2.74. The van der Waals surface area contributed by atoms with Crippen molar-refractivity contribution >= 4 is 11.9 Å². The summed E-state index contributed by atoms with van der Waals surface area (Å²) in [6.07, 6.45) is 7.25. The molecule has 1 aromatic rings. The first-order valence-electron chi connectivity index (χ1n) is 7.49. The van der Waals surface area contributed by atoms with Crippen LogP contribution in [-0.2, 0) is 9.53 Å². The highest BCUT2D eigenvalue weighted by Gasteiger charge is 2.04. The SMILES string of the molecule is CC(=O)O.CCCCCCCCOC(=O)c1ccccc1. The number of unbranched alkanes of at least 4 members (excludes halogenated alkanes) is 5. The molecule has 0 aliphatic rings. The van der Waals surface area contributed by atoms with E-state index in [4.69, 9.17) is 14.6 Å². The van der Waals surface area contributed by atoms with Crippen LogP contribution in [0.15, 0.2) is 30.3 Å². The predicted molar refractivity (Wildman–Crippen MR) is 83.4 cm³/mol. The van der Waals surface area contributed by atoms with E-state index in [2.05, 4.69) is 6.92 Å². The lowest BCUT2D eigenvalue weighted by Crippen LogP contribution is -2.06. The van der Waals surface area contributed by atoms with Crippen molar-refractivity contribution in [2.45, 2.75) is 52.4 Å². The third kappa shape index (κ3) is 12.9. The van der Waals surface area contributed by atoms with Crippen LogP contribution in [0, 0.1) is 0 Å². The standard InChI is InChI=1S/C15H22O2.C2H4O2/c1-2-3-4-5-6-10-13-17-15(16)14-11-8-7-9-12-14;1-2(3)4/h7-9,11-12H,2-6,10,13H2,1H3;1H3,(H,3,4). The van der Waals surface area contributed by atoms with Crippen LogP contribution in [-0.4, -0.2) is 23.7 Å². The molecule has 0 heterocycles. The summed E-state index contributed by atoms with van der Waals surface area (Å²) in [6.45, 7) is 3.83. The number of rotatable bonds is 8. The molecule has 0 unspecified atom stereocenters. The first-order valence-corrected chi connectivity index (χ1v) is 7.49. The van der Waals surface area contributed by atoms with E-state index in [1.165, 1.54) is 25.7 Å². The van der Waals surface area contributed by atoms with Crippen molar-refractivity contribution in [1.82, 2.24) is 0 Å². The van der Waals surface area contributed by atoms with Gasteiger partial charge in [-0.1, -0.05) is 57.2 Å². The van der Waals surface area contributed by atoms with Crippen LogP contribution in [0.4, 0.5) is 0 Å². The van der Waals surface area contributed by atoms with Gasteiger partial charge < -0.3 is 9.84 Å². The van der Waals surface area contributed by atoms with E-state index in [9.17, 15) is 4.79 Å². The van der Waals surface area contributed by atoms with Crippen molar-refractivity contribution in [1.29, 1.82) is 0 Å². The van der Waals surface area contributed by atoms with Crippen molar-refractivity contribution in [3.63, 3.8) is 0 Å². The second-order valence-electron chi connectivity index (χ2n) is 4.79.